The van der Waals surface area contributed by atoms with Crippen LogP contribution in [0.2, 0.25) is 0 Å². The Kier molecular flexibility index (Phi) is 5.97. The average molecular weight is 407 g/mol. The van der Waals surface area contributed by atoms with E-state index < -0.39 is 29.5 Å². The molecule has 1 heterocycles. The van der Waals surface area contributed by atoms with Gasteiger partial charge in [-0.05, 0) is 35.7 Å². The summed E-state index contributed by atoms with van der Waals surface area (Å²) in [7, 11) is 0. The third kappa shape index (κ3) is 5.41. The van der Waals surface area contributed by atoms with E-state index in [4.69, 9.17) is 10.2 Å². The van der Waals surface area contributed by atoms with Gasteiger partial charge < -0.3 is 15.5 Å². The Balaban J connectivity index is 1.63. The summed E-state index contributed by atoms with van der Waals surface area (Å²) in [6, 6.07) is 10.9. The lowest BCUT2D eigenvalue weighted by Gasteiger charge is -2.10. The summed E-state index contributed by atoms with van der Waals surface area (Å²) in [6.45, 7) is -0.308. The number of nitrogens with zero attached hydrogens (tertiary/aromatic N) is 1. The minimum Gasteiger partial charge on any atom is -0.446 e. The van der Waals surface area contributed by atoms with E-state index in [1.807, 2.05) is 30.3 Å². The maximum absolute atomic E-state index is 13.4. The number of alkyl halides is 3. The molecule has 1 aromatic heterocycles. The molecule has 0 saturated heterocycles. The third-order valence-electron chi connectivity index (χ3n) is 4.11. The number of nitrogens with two attached hydrogens (primary N) is 1. The number of aromatic nitrogens is 1. The standard InChI is InChI=1S/C20H17F4N3O2/c21-15-7-13(6-14(9-15)20(22,23)24)10-26-18(28)17-11-29-19(27-17)16(25)8-12-4-2-1-3-5-12/h1-7,9,11,16H,8,10,25H2,(H,26,28). The second-order valence-corrected chi connectivity index (χ2v) is 6.40. The highest BCUT2D eigenvalue weighted by molar-refractivity contribution is 5.91. The Morgan fingerprint density at radius 2 is 1.86 bits per heavy atom. The maximum Gasteiger partial charge on any atom is 0.416 e. The summed E-state index contributed by atoms with van der Waals surface area (Å²) in [5, 5.41) is 2.39. The van der Waals surface area contributed by atoms with E-state index in [9.17, 15) is 22.4 Å². The van der Waals surface area contributed by atoms with Gasteiger partial charge in [-0.2, -0.15) is 13.2 Å². The van der Waals surface area contributed by atoms with Crippen molar-refractivity contribution in [2.75, 3.05) is 0 Å². The van der Waals surface area contributed by atoms with Gasteiger partial charge in [-0.25, -0.2) is 9.37 Å². The molecule has 1 unspecified atom stereocenters. The van der Waals surface area contributed by atoms with Crippen LogP contribution in [0.15, 0.2) is 59.2 Å². The molecule has 3 aromatic rings. The molecule has 1 amide bonds. The first-order valence-electron chi connectivity index (χ1n) is 8.62. The molecule has 1 atom stereocenters. The zero-order valence-electron chi connectivity index (χ0n) is 15.0. The largest absolute Gasteiger partial charge is 0.446 e. The Bertz CT molecular complexity index is 987. The number of amides is 1. The number of benzene rings is 2. The van der Waals surface area contributed by atoms with Gasteiger partial charge in [-0.1, -0.05) is 30.3 Å². The monoisotopic (exact) mass is 407 g/mol. The van der Waals surface area contributed by atoms with Crippen molar-refractivity contribution in [1.29, 1.82) is 0 Å². The van der Waals surface area contributed by atoms with Crippen LogP contribution in [0.4, 0.5) is 17.6 Å². The fraction of sp³-hybridized carbons (Fsp3) is 0.200. The molecule has 0 bridgehead atoms. The molecule has 0 aliphatic carbocycles. The smallest absolute Gasteiger partial charge is 0.416 e. The molecule has 152 valence electrons. The molecule has 0 aliphatic rings. The van der Waals surface area contributed by atoms with Gasteiger partial charge in [0.25, 0.3) is 5.91 Å². The Hall–Kier alpha value is -3.20. The molecule has 0 aliphatic heterocycles. The summed E-state index contributed by atoms with van der Waals surface area (Å²) in [4.78, 5) is 16.2. The van der Waals surface area contributed by atoms with Crippen molar-refractivity contribution >= 4 is 5.91 Å². The third-order valence-corrected chi connectivity index (χ3v) is 4.11. The van der Waals surface area contributed by atoms with E-state index in [0.717, 1.165) is 24.0 Å². The Morgan fingerprint density at radius 1 is 1.14 bits per heavy atom. The van der Waals surface area contributed by atoms with Crippen LogP contribution in [0.5, 0.6) is 0 Å². The van der Waals surface area contributed by atoms with Gasteiger partial charge in [0.15, 0.2) is 5.69 Å². The average Bonchev–Trinajstić information content (AvgIpc) is 3.16. The second kappa shape index (κ2) is 8.44. The van der Waals surface area contributed by atoms with Gasteiger partial charge in [0.1, 0.15) is 12.1 Å². The summed E-state index contributed by atoms with van der Waals surface area (Å²) in [6.07, 6.45) is -3.12. The van der Waals surface area contributed by atoms with Crippen molar-refractivity contribution in [3.8, 4) is 0 Å². The normalized spacial score (nSPS) is 12.6. The SMILES string of the molecule is NC(Cc1ccccc1)c1nc(C(=O)NCc2cc(F)cc(C(F)(F)F)c2)co1. The van der Waals surface area contributed by atoms with E-state index in [1.54, 1.807) is 0 Å². The first kappa shape index (κ1) is 20.5. The van der Waals surface area contributed by atoms with Crippen molar-refractivity contribution in [3.05, 3.63) is 88.9 Å². The van der Waals surface area contributed by atoms with Gasteiger partial charge >= 0.3 is 6.18 Å². The maximum atomic E-state index is 13.4. The number of hydrogen-bond donors (Lipinski definition) is 2. The number of carbonyl (C=O) groups is 1. The number of rotatable bonds is 6. The van der Waals surface area contributed by atoms with Crippen LogP contribution in [0, 0.1) is 5.82 Å². The quantitative estimate of drug-likeness (QED) is 0.605. The van der Waals surface area contributed by atoms with Crippen molar-refractivity contribution < 1.29 is 26.8 Å². The summed E-state index contributed by atoms with van der Waals surface area (Å²) < 4.78 is 56.9. The van der Waals surface area contributed by atoms with Crippen LogP contribution in [0.25, 0.3) is 0 Å². The highest BCUT2D eigenvalue weighted by Gasteiger charge is 2.31. The number of halogens is 4. The lowest BCUT2D eigenvalue weighted by molar-refractivity contribution is -0.137. The molecular formula is C20H17F4N3O2. The summed E-state index contributed by atoms with van der Waals surface area (Å²) in [5.41, 5.74) is 5.78. The minimum atomic E-state index is -4.68. The molecule has 0 saturated carbocycles. The Labute approximate surface area is 163 Å². The fourth-order valence-corrected chi connectivity index (χ4v) is 2.71. The molecule has 0 radical (unpaired) electrons. The first-order valence-corrected chi connectivity index (χ1v) is 8.62. The topological polar surface area (TPSA) is 81.1 Å². The molecule has 0 fully saturated rings. The van der Waals surface area contributed by atoms with Crippen molar-refractivity contribution in [3.63, 3.8) is 0 Å². The number of nitrogens with one attached hydrogen (secondary N) is 1. The second-order valence-electron chi connectivity index (χ2n) is 6.40. The van der Waals surface area contributed by atoms with E-state index in [0.29, 0.717) is 12.5 Å². The van der Waals surface area contributed by atoms with Crippen LogP contribution in [0.3, 0.4) is 0 Å². The molecule has 5 nitrogen and oxygen atoms in total. The van der Waals surface area contributed by atoms with Crippen LogP contribution in [0.1, 0.15) is 39.1 Å². The molecule has 3 rings (SSSR count). The molecule has 3 N–H and O–H groups in total. The van der Waals surface area contributed by atoms with Gasteiger partial charge in [-0.15, -0.1) is 0 Å². The number of hydrogen-bond acceptors (Lipinski definition) is 4. The first-order chi connectivity index (χ1) is 13.7. The van der Waals surface area contributed by atoms with Crippen LogP contribution in [-0.4, -0.2) is 10.9 Å². The highest BCUT2D eigenvalue weighted by atomic mass is 19.4. The summed E-state index contributed by atoms with van der Waals surface area (Å²) >= 11 is 0. The Morgan fingerprint density at radius 3 is 2.55 bits per heavy atom. The van der Waals surface area contributed by atoms with Crippen LogP contribution < -0.4 is 11.1 Å². The van der Waals surface area contributed by atoms with Crippen molar-refractivity contribution in [1.82, 2.24) is 10.3 Å². The van der Waals surface area contributed by atoms with Crippen LogP contribution in [-0.2, 0) is 19.1 Å². The predicted octanol–water partition coefficient (Wildman–Crippen LogP) is 4.01. The van der Waals surface area contributed by atoms with E-state index in [2.05, 4.69) is 10.3 Å². The van der Waals surface area contributed by atoms with E-state index >= 15 is 0 Å². The summed E-state index contributed by atoms with van der Waals surface area (Å²) in [5.74, 6) is -1.56. The molecule has 2 aromatic carbocycles. The molecular weight excluding hydrogens is 390 g/mol. The van der Waals surface area contributed by atoms with E-state index in [-0.39, 0.29) is 23.7 Å². The van der Waals surface area contributed by atoms with Gasteiger partial charge in [0.05, 0.1) is 11.6 Å². The predicted molar refractivity (Wildman–Crippen MR) is 96.1 cm³/mol. The lowest BCUT2D eigenvalue weighted by Crippen LogP contribution is -2.24. The van der Waals surface area contributed by atoms with E-state index in [1.165, 1.54) is 0 Å². The number of oxazole rings is 1. The highest BCUT2D eigenvalue weighted by Crippen LogP contribution is 2.30. The van der Waals surface area contributed by atoms with Gasteiger partial charge in [0.2, 0.25) is 5.89 Å². The van der Waals surface area contributed by atoms with Crippen LogP contribution >= 0.6 is 0 Å². The van der Waals surface area contributed by atoms with Crippen molar-refractivity contribution in [2.24, 2.45) is 5.73 Å². The zero-order valence-corrected chi connectivity index (χ0v) is 15.0. The minimum absolute atomic E-state index is 0.0322. The van der Waals surface area contributed by atoms with Gasteiger partial charge in [-0.3, -0.25) is 4.79 Å². The lowest BCUT2D eigenvalue weighted by atomic mass is 10.1. The number of carbonyl (C=O) groups excluding carboxylic acids is 1. The fourth-order valence-electron chi connectivity index (χ4n) is 2.71. The molecule has 0 spiro atoms. The van der Waals surface area contributed by atoms with Gasteiger partial charge in [0, 0.05) is 6.54 Å². The molecule has 9 heteroatoms. The zero-order chi connectivity index (χ0) is 21.0. The molecule has 29 heavy (non-hydrogen) atoms. The van der Waals surface area contributed by atoms with Crippen molar-refractivity contribution in [2.45, 2.75) is 25.2 Å².